The molecule has 0 aliphatic heterocycles. The number of hydrogen-bond acceptors (Lipinski definition) is 6. The first-order valence-corrected chi connectivity index (χ1v) is 10.8. The maximum atomic E-state index is 12.7. The molecule has 0 aromatic rings. The van der Waals surface area contributed by atoms with Crippen LogP contribution >= 0.6 is 0 Å². The second kappa shape index (κ2) is 11.1. The highest BCUT2D eigenvalue weighted by Gasteiger charge is 2.31. The molecule has 2 atom stereocenters. The highest BCUT2D eigenvalue weighted by molar-refractivity contribution is 5.76. The zero-order valence-electron chi connectivity index (χ0n) is 18.9. The molecule has 0 radical (unpaired) electrons. The van der Waals surface area contributed by atoms with E-state index in [0.29, 0.717) is 43.9 Å². The van der Waals surface area contributed by atoms with Crippen LogP contribution in [-0.2, 0) is 19.1 Å². The summed E-state index contributed by atoms with van der Waals surface area (Å²) in [5, 5.41) is 3.38. The summed E-state index contributed by atoms with van der Waals surface area (Å²) in [5.41, 5.74) is 5.75. The second-order valence-corrected chi connectivity index (χ2v) is 10.1. The van der Waals surface area contributed by atoms with Gasteiger partial charge in [0.05, 0.1) is 0 Å². The van der Waals surface area contributed by atoms with Crippen LogP contribution in [0.25, 0.3) is 0 Å². The van der Waals surface area contributed by atoms with E-state index in [0.717, 1.165) is 6.42 Å². The molecule has 1 fully saturated rings. The molecule has 6 heteroatoms. The molecule has 1 rings (SSSR count). The van der Waals surface area contributed by atoms with E-state index in [-0.39, 0.29) is 35.7 Å². The fourth-order valence-electron chi connectivity index (χ4n) is 3.58. The van der Waals surface area contributed by atoms with E-state index >= 15 is 0 Å². The molecule has 6 nitrogen and oxygen atoms in total. The van der Waals surface area contributed by atoms with Crippen molar-refractivity contribution in [2.75, 3.05) is 0 Å². The Labute approximate surface area is 171 Å². The molecule has 3 N–H and O–H groups in total. The molecule has 1 saturated carbocycles. The van der Waals surface area contributed by atoms with Gasteiger partial charge in [-0.1, -0.05) is 27.7 Å². The van der Waals surface area contributed by atoms with Crippen molar-refractivity contribution in [1.82, 2.24) is 5.32 Å². The minimum Gasteiger partial charge on any atom is -0.461 e. The van der Waals surface area contributed by atoms with Crippen molar-refractivity contribution in [2.45, 2.75) is 117 Å². The van der Waals surface area contributed by atoms with E-state index in [1.165, 1.54) is 0 Å². The Bertz CT molecular complexity index is 491. The molecular weight excluding hydrogens is 356 g/mol. The van der Waals surface area contributed by atoms with Crippen molar-refractivity contribution in [3.8, 4) is 0 Å². The predicted octanol–water partition coefficient (Wildman–Crippen LogP) is 3.56. The molecular formula is C22H42N2O4. The van der Waals surface area contributed by atoms with Crippen LogP contribution in [0.15, 0.2) is 0 Å². The Morgan fingerprint density at radius 1 is 0.893 bits per heavy atom. The lowest BCUT2D eigenvalue weighted by Crippen LogP contribution is -2.49. The highest BCUT2D eigenvalue weighted by atomic mass is 16.6. The highest BCUT2D eigenvalue weighted by Crippen LogP contribution is 2.25. The number of nitrogens with two attached hydrogens (primary N) is 1. The minimum atomic E-state index is -0.559. The third-order valence-electron chi connectivity index (χ3n) is 4.81. The Hall–Kier alpha value is -1.14. The molecule has 1 aliphatic rings. The fourth-order valence-corrected chi connectivity index (χ4v) is 3.58. The van der Waals surface area contributed by atoms with Crippen molar-refractivity contribution in [2.24, 2.45) is 17.6 Å². The van der Waals surface area contributed by atoms with Crippen molar-refractivity contribution in [3.63, 3.8) is 0 Å². The van der Waals surface area contributed by atoms with Gasteiger partial charge in [-0.2, -0.15) is 0 Å². The van der Waals surface area contributed by atoms with Gasteiger partial charge in [0.1, 0.15) is 24.3 Å². The maximum Gasteiger partial charge on any atom is 0.323 e. The van der Waals surface area contributed by atoms with E-state index in [1.807, 2.05) is 13.8 Å². The number of carbonyl (C=O) groups excluding carboxylic acids is 2. The van der Waals surface area contributed by atoms with Crippen molar-refractivity contribution >= 4 is 11.9 Å². The summed E-state index contributed by atoms with van der Waals surface area (Å²) in [6, 6.07) is -0.861. The molecule has 0 heterocycles. The van der Waals surface area contributed by atoms with Gasteiger partial charge in [0.25, 0.3) is 0 Å². The quantitative estimate of drug-likeness (QED) is 0.577. The first kappa shape index (κ1) is 24.9. The zero-order chi connectivity index (χ0) is 21.5. The van der Waals surface area contributed by atoms with Crippen LogP contribution in [0.4, 0.5) is 0 Å². The van der Waals surface area contributed by atoms with Crippen LogP contribution in [0.2, 0.25) is 0 Å². The smallest absolute Gasteiger partial charge is 0.323 e. The Morgan fingerprint density at radius 2 is 1.32 bits per heavy atom. The predicted molar refractivity (Wildman–Crippen MR) is 112 cm³/mol. The van der Waals surface area contributed by atoms with E-state index < -0.39 is 6.04 Å². The van der Waals surface area contributed by atoms with Gasteiger partial charge in [-0.05, 0) is 71.1 Å². The summed E-state index contributed by atoms with van der Waals surface area (Å²) >= 11 is 0. The summed E-state index contributed by atoms with van der Waals surface area (Å²) < 4.78 is 11.3. The lowest BCUT2D eigenvalue weighted by Gasteiger charge is -2.32. The van der Waals surface area contributed by atoms with Crippen molar-refractivity contribution < 1.29 is 19.1 Å². The van der Waals surface area contributed by atoms with Crippen LogP contribution in [0.5, 0.6) is 0 Å². The summed E-state index contributed by atoms with van der Waals surface area (Å²) in [5.74, 6) is 0.263. The average Bonchev–Trinajstić information content (AvgIpc) is 2.53. The van der Waals surface area contributed by atoms with Crippen molar-refractivity contribution in [1.29, 1.82) is 0 Å². The van der Waals surface area contributed by atoms with Gasteiger partial charge in [0, 0.05) is 5.54 Å². The van der Waals surface area contributed by atoms with Crippen LogP contribution in [-0.4, -0.2) is 41.8 Å². The number of ether oxygens (including phenoxy) is 2. The molecule has 0 aromatic carbocycles. The molecule has 0 amide bonds. The number of rotatable bonds is 9. The normalized spacial score (nSPS) is 22.8. The Balaban J connectivity index is 2.47. The van der Waals surface area contributed by atoms with Gasteiger partial charge in [0.15, 0.2) is 0 Å². The molecule has 0 saturated heterocycles. The number of carbonyl (C=O) groups is 2. The third-order valence-corrected chi connectivity index (χ3v) is 4.81. The molecule has 0 aromatic heterocycles. The third kappa shape index (κ3) is 9.87. The SMILES string of the molecule is CC(C)CC(N)C(=O)OC1CCC(OC(=O)C(CC(C)C)NC(C)(C)C)CC1. The molecule has 0 bridgehead atoms. The summed E-state index contributed by atoms with van der Waals surface area (Å²) in [7, 11) is 0. The molecule has 1 aliphatic carbocycles. The largest absolute Gasteiger partial charge is 0.461 e. The number of hydrogen-bond donors (Lipinski definition) is 2. The topological polar surface area (TPSA) is 90.7 Å². The Kier molecular flexibility index (Phi) is 9.91. The van der Waals surface area contributed by atoms with Crippen LogP contribution < -0.4 is 11.1 Å². The van der Waals surface area contributed by atoms with Gasteiger partial charge in [-0.3, -0.25) is 14.9 Å². The van der Waals surface area contributed by atoms with Gasteiger partial charge in [-0.25, -0.2) is 0 Å². The van der Waals surface area contributed by atoms with E-state index in [1.54, 1.807) is 0 Å². The summed E-state index contributed by atoms with van der Waals surface area (Å²) in [6.07, 6.45) is 3.99. The lowest BCUT2D eigenvalue weighted by atomic mass is 9.94. The van der Waals surface area contributed by atoms with E-state index in [4.69, 9.17) is 15.2 Å². The second-order valence-electron chi connectivity index (χ2n) is 10.1. The van der Waals surface area contributed by atoms with E-state index in [2.05, 4.69) is 39.9 Å². The fraction of sp³-hybridized carbons (Fsp3) is 0.909. The molecule has 2 unspecified atom stereocenters. The standard InChI is InChI=1S/C22H42N2O4/c1-14(2)12-18(23)20(25)27-16-8-10-17(11-9-16)28-21(26)19(13-15(3)4)24-22(5,6)7/h14-19,24H,8-13,23H2,1-7H3. The first-order chi connectivity index (χ1) is 12.9. The molecule has 164 valence electrons. The zero-order valence-corrected chi connectivity index (χ0v) is 18.9. The first-order valence-electron chi connectivity index (χ1n) is 10.8. The average molecular weight is 399 g/mol. The van der Waals surface area contributed by atoms with Gasteiger partial charge < -0.3 is 15.2 Å². The van der Waals surface area contributed by atoms with Gasteiger partial charge >= 0.3 is 11.9 Å². The van der Waals surface area contributed by atoms with Crippen LogP contribution in [0.3, 0.4) is 0 Å². The van der Waals surface area contributed by atoms with Crippen LogP contribution in [0.1, 0.15) is 87.0 Å². The van der Waals surface area contributed by atoms with E-state index in [9.17, 15) is 9.59 Å². The molecule has 0 spiro atoms. The van der Waals surface area contributed by atoms with Crippen molar-refractivity contribution in [3.05, 3.63) is 0 Å². The van der Waals surface area contributed by atoms with Crippen LogP contribution in [0, 0.1) is 11.8 Å². The summed E-state index contributed by atoms with van der Waals surface area (Å²) in [6.45, 7) is 14.4. The number of esters is 2. The maximum absolute atomic E-state index is 12.7. The lowest BCUT2D eigenvalue weighted by molar-refractivity contribution is -0.161. The van der Waals surface area contributed by atoms with Gasteiger partial charge in [0.2, 0.25) is 0 Å². The Morgan fingerprint density at radius 3 is 1.71 bits per heavy atom. The minimum absolute atomic E-state index is 0.108. The van der Waals surface area contributed by atoms with Gasteiger partial charge in [-0.15, -0.1) is 0 Å². The number of nitrogens with one attached hydrogen (secondary N) is 1. The molecule has 28 heavy (non-hydrogen) atoms. The monoisotopic (exact) mass is 398 g/mol. The summed E-state index contributed by atoms with van der Waals surface area (Å²) in [4.78, 5) is 24.8.